The SMILES string of the molecule is OC[C@H](NC(c1ccccc1)c1ccccc1)c1ccccc1. The normalized spacial score (nSPS) is 12.3. The van der Waals surface area contributed by atoms with Crippen molar-refractivity contribution in [2.75, 3.05) is 6.61 Å². The molecule has 0 aliphatic carbocycles. The highest BCUT2D eigenvalue weighted by Gasteiger charge is 2.19. The third-order valence-electron chi connectivity index (χ3n) is 4.02. The summed E-state index contributed by atoms with van der Waals surface area (Å²) in [6.45, 7) is 0.0557. The molecule has 2 nitrogen and oxygen atoms in total. The van der Waals surface area contributed by atoms with Gasteiger partial charge in [-0.15, -0.1) is 0 Å². The second-order valence-electron chi connectivity index (χ2n) is 5.57. The number of benzene rings is 3. The third-order valence-corrected chi connectivity index (χ3v) is 4.02. The first-order chi connectivity index (χ1) is 11.4. The quantitative estimate of drug-likeness (QED) is 0.718. The van der Waals surface area contributed by atoms with Crippen LogP contribution in [0, 0.1) is 0 Å². The first-order valence-corrected chi connectivity index (χ1v) is 7.90. The van der Waals surface area contributed by atoms with Gasteiger partial charge in [0.1, 0.15) is 0 Å². The van der Waals surface area contributed by atoms with Crippen LogP contribution >= 0.6 is 0 Å². The van der Waals surface area contributed by atoms with Gasteiger partial charge in [-0.3, -0.25) is 5.32 Å². The fourth-order valence-electron chi connectivity index (χ4n) is 2.82. The van der Waals surface area contributed by atoms with E-state index in [1.165, 1.54) is 11.1 Å². The summed E-state index contributed by atoms with van der Waals surface area (Å²) in [6.07, 6.45) is 0. The lowest BCUT2D eigenvalue weighted by Crippen LogP contribution is -2.29. The van der Waals surface area contributed by atoms with Crippen LogP contribution in [-0.2, 0) is 0 Å². The van der Waals surface area contributed by atoms with Crippen LogP contribution in [0.5, 0.6) is 0 Å². The van der Waals surface area contributed by atoms with Crippen molar-refractivity contribution in [1.82, 2.24) is 5.32 Å². The van der Waals surface area contributed by atoms with Gasteiger partial charge in [-0.25, -0.2) is 0 Å². The van der Waals surface area contributed by atoms with Crippen molar-refractivity contribution in [3.63, 3.8) is 0 Å². The van der Waals surface area contributed by atoms with Crippen molar-refractivity contribution in [3.8, 4) is 0 Å². The second kappa shape index (κ2) is 7.73. The van der Waals surface area contributed by atoms with Crippen molar-refractivity contribution < 1.29 is 5.11 Å². The molecule has 3 rings (SSSR count). The molecule has 0 aromatic heterocycles. The molecule has 0 unspecified atom stereocenters. The molecule has 0 bridgehead atoms. The molecule has 0 saturated heterocycles. The highest BCUT2D eigenvalue weighted by Crippen LogP contribution is 2.25. The summed E-state index contributed by atoms with van der Waals surface area (Å²) < 4.78 is 0. The number of aliphatic hydroxyl groups excluding tert-OH is 1. The monoisotopic (exact) mass is 303 g/mol. The topological polar surface area (TPSA) is 32.3 Å². The molecular weight excluding hydrogens is 282 g/mol. The van der Waals surface area contributed by atoms with E-state index in [1.807, 2.05) is 66.7 Å². The van der Waals surface area contributed by atoms with E-state index in [-0.39, 0.29) is 18.7 Å². The van der Waals surface area contributed by atoms with Crippen molar-refractivity contribution in [2.45, 2.75) is 12.1 Å². The summed E-state index contributed by atoms with van der Waals surface area (Å²) >= 11 is 0. The van der Waals surface area contributed by atoms with Crippen molar-refractivity contribution >= 4 is 0 Å². The van der Waals surface area contributed by atoms with Crippen LogP contribution < -0.4 is 5.32 Å². The number of hydrogen-bond donors (Lipinski definition) is 2. The third kappa shape index (κ3) is 3.86. The highest BCUT2D eigenvalue weighted by molar-refractivity contribution is 5.32. The van der Waals surface area contributed by atoms with Gasteiger partial charge in [0.2, 0.25) is 0 Å². The summed E-state index contributed by atoms with van der Waals surface area (Å²) in [7, 11) is 0. The number of rotatable bonds is 6. The average molecular weight is 303 g/mol. The van der Waals surface area contributed by atoms with Gasteiger partial charge in [-0.05, 0) is 16.7 Å². The predicted octanol–water partition coefficient (Wildman–Crippen LogP) is 4.10. The minimum Gasteiger partial charge on any atom is -0.394 e. The molecule has 3 aromatic rings. The largest absolute Gasteiger partial charge is 0.394 e. The minimum atomic E-state index is -0.110. The minimum absolute atomic E-state index is 0.0368. The fraction of sp³-hybridized carbons (Fsp3) is 0.143. The molecular formula is C21H21NO. The van der Waals surface area contributed by atoms with Gasteiger partial charge in [0.15, 0.2) is 0 Å². The van der Waals surface area contributed by atoms with E-state index in [0.717, 1.165) is 5.56 Å². The van der Waals surface area contributed by atoms with Crippen molar-refractivity contribution in [1.29, 1.82) is 0 Å². The van der Waals surface area contributed by atoms with Gasteiger partial charge in [-0.2, -0.15) is 0 Å². The molecule has 0 aliphatic heterocycles. The molecule has 0 amide bonds. The van der Waals surface area contributed by atoms with Gasteiger partial charge in [-0.1, -0.05) is 91.0 Å². The molecule has 0 saturated carbocycles. The van der Waals surface area contributed by atoms with Crippen LogP contribution in [0.4, 0.5) is 0 Å². The standard InChI is InChI=1S/C21H21NO/c23-16-20(17-10-4-1-5-11-17)22-21(18-12-6-2-7-13-18)19-14-8-3-9-15-19/h1-15,20-23H,16H2/t20-/m0/s1. The van der Waals surface area contributed by atoms with E-state index in [1.54, 1.807) is 0 Å². The van der Waals surface area contributed by atoms with E-state index in [2.05, 4.69) is 29.6 Å². The van der Waals surface area contributed by atoms with Crippen LogP contribution in [0.25, 0.3) is 0 Å². The summed E-state index contributed by atoms with van der Waals surface area (Å²) in [4.78, 5) is 0. The molecule has 0 spiro atoms. The molecule has 1 atom stereocenters. The van der Waals surface area contributed by atoms with Crippen molar-refractivity contribution in [3.05, 3.63) is 108 Å². The van der Waals surface area contributed by atoms with E-state index in [9.17, 15) is 5.11 Å². The van der Waals surface area contributed by atoms with E-state index in [0.29, 0.717) is 0 Å². The zero-order chi connectivity index (χ0) is 15.9. The maximum absolute atomic E-state index is 9.86. The highest BCUT2D eigenvalue weighted by atomic mass is 16.3. The van der Waals surface area contributed by atoms with Crippen LogP contribution in [0.2, 0.25) is 0 Å². The first-order valence-electron chi connectivity index (χ1n) is 7.90. The van der Waals surface area contributed by atoms with Crippen molar-refractivity contribution in [2.24, 2.45) is 0 Å². The Balaban J connectivity index is 1.93. The van der Waals surface area contributed by atoms with Gasteiger partial charge >= 0.3 is 0 Å². The van der Waals surface area contributed by atoms with Gasteiger partial charge in [0, 0.05) is 0 Å². The molecule has 116 valence electrons. The fourth-order valence-corrected chi connectivity index (χ4v) is 2.82. The molecule has 2 N–H and O–H groups in total. The summed E-state index contributed by atoms with van der Waals surface area (Å²) in [5.74, 6) is 0. The molecule has 0 radical (unpaired) electrons. The zero-order valence-electron chi connectivity index (χ0n) is 13.0. The lowest BCUT2D eigenvalue weighted by molar-refractivity contribution is 0.238. The van der Waals surface area contributed by atoms with Gasteiger partial charge in [0.25, 0.3) is 0 Å². The molecule has 0 heterocycles. The number of nitrogens with one attached hydrogen (secondary N) is 1. The van der Waals surface area contributed by atoms with Gasteiger partial charge in [0.05, 0.1) is 18.7 Å². The van der Waals surface area contributed by atoms with Crippen LogP contribution in [0.1, 0.15) is 28.8 Å². The molecule has 3 aromatic carbocycles. The Morgan fingerprint density at radius 2 is 1.00 bits per heavy atom. The van der Waals surface area contributed by atoms with E-state index >= 15 is 0 Å². The lowest BCUT2D eigenvalue weighted by Gasteiger charge is -2.26. The molecule has 2 heteroatoms. The Bertz CT molecular complexity index is 658. The van der Waals surface area contributed by atoms with Crippen LogP contribution in [-0.4, -0.2) is 11.7 Å². The Hall–Kier alpha value is -2.42. The summed E-state index contributed by atoms with van der Waals surface area (Å²) in [6, 6.07) is 30.7. The lowest BCUT2D eigenvalue weighted by atomic mass is 9.96. The van der Waals surface area contributed by atoms with Crippen LogP contribution in [0.15, 0.2) is 91.0 Å². The van der Waals surface area contributed by atoms with E-state index < -0.39 is 0 Å². The second-order valence-corrected chi connectivity index (χ2v) is 5.57. The summed E-state index contributed by atoms with van der Waals surface area (Å²) in [5, 5.41) is 13.5. The maximum Gasteiger partial charge on any atom is 0.0626 e. The Morgan fingerprint density at radius 3 is 1.39 bits per heavy atom. The number of hydrogen-bond acceptors (Lipinski definition) is 2. The zero-order valence-corrected chi connectivity index (χ0v) is 13.0. The first kappa shape index (κ1) is 15.5. The molecule has 0 fully saturated rings. The average Bonchev–Trinajstić information content (AvgIpc) is 2.65. The van der Waals surface area contributed by atoms with Gasteiger partial charge < -0.3 is 5.11 Å². The Morgan fingerprint density at radius 1 is 0.609 bits per heavy atom. The summed E-state index contributed by atoms with van der Waals surface area (Å²) in [5.41, 5.74) is 3.47. The smallest absolute Gasteiger partial charge is 0.0626 e. The van der Waals surface area contributed by atoms with Crippen LogP contribution in [0.3, 0.4) is 0 Å². The Kier molecular flexibility index (Phi) is 5.20. The van der Waals surface area contributed by atoms with E-state index in [4.69, 9.17) is 0 Å². The molecule has 0 aliphatic rings. The predicted molar refractivity (Wildman–Crippen MR) is 94.1 cm³/mol. The maximum atomic E-state index is 9.86. The Labute approximate surface area is 137 Å². The number of aliphatic hydroxyl groups is 1. The molecule has 23 heavy (non-hydrogen) atoms.